The maximum atomic E-state index is 12.5. The predicted octanol–water partition coefficient (Wildman–Crippen LogP) is 0.486. The summed E-state index contributed by atoms with van der Waals surface area (Å²) in [6.45, 7) is 4.11. The largest absolute Gasteiger partial charge is 0.382 e. The van der Waals surface area contributed by atoms with Crippen molar-refractivity contribution < 1.29 is 9.59 Å². The van der Waals surface area contributed by atoms with Crippen molar-refractivity contribution >= 4 is 34.1 Å². The van der Waals surface area contributed by atoms with Gasteiger partial charge in [-0.2, -0.15) is 0 Å². The van der Waals surface area contributed by atoms with Gasteiger partial charge in [-0.25, -0.2) is 4.98 Å². The Bertz CT molecular complexity index is 545. The molecule has 21 heavy (non-hydrogen) atoms. The summed E-state index contributed by atoms with van der Waals surface area (Å²) < 4.78 is 0. The maximum absolute atomic E-state index is 12.5. The minimum Gasteiger partial charge on any atom is -0.382 e. The highest BCUT2D eigenvalue weighted by Gasteiger charge is 2.28. The first-order chi connectivity index (χ1) is 9.93. The van der Waals surface area contributed by atoms with Crippen LogP contribution in [0.4, 0.5) is 10.9 Å². The fourth-order valence-electron chi connectivity index (χ4n) is 2.14. The van der Waals surface area contributed by atoms with Crippen molar-refractivity contribution in [3.63, 3.8) is 0 Å². The average molecular weight is 311 g/mol. The van der Waals surface area contributed by atoms with Crippen molar-refractivity contribution in [2.24, 2.45) is 0 Å². The third-order valence-corrected chi connectivity index (χ3v) is 4.64. The van der Waals surface area contributed by atoms with Crippen LogP contribution in [-0.4, -0.2) is 66.9 Å². The van der Waals surface area contributed by atoms with E-state index in [4.69, 9.17) is 5.73 Å². The molecule has 0 aromatic carbocycles. The van der Waals surface area contributed by atoms with E-state index >= 15 is 0 Å². The van der Waals surface area contributed by atoms with Crippen LogP contribution in [0.2, 0.25) is 0 Å². The van der Waals surface area contributed by atoms with Crippen molar-refractivity contribution in [3.05, 3.63) is 4.88 Å². The maximum Gasteiger partial charge on any atom is 0.268 e. The molecule has 0 radical (unpaired) electrons. The Hall–Kier alpha value is -1.83. The van der Waals surface area contributed by atoms with E-state index in [1.807, 2.05) is 11.9 Å². The molecule has 1 aliphatic rings. The smallest absolute Gasteiger partial charge is 0.268 e. The lowest BCUT2D eigenvalue weighted by Crippen LogP contribution is -2.50. The molecule has 1 aromatic rings. The van der Waals surface area contributed by atoms with E-state index in [1.165, 1.54) is 16.2 Å². The number of nitrogens with two attached hydrogens (primary N) is 1. The van der Waals surface area contributed by atoms with E-state index in [0.29, 0.717) is 18.0 Å². The van der Waals surface area contributed by atoms with E-state index in [1.54, 1.807) is 11.9 Å². The SMILES string of the molecule is CCCN(C)c1nc(N)c(C(=O)N2CCN(C)C(=O)C2)s1. The quantitative estimate of drug-likeness (QED) is 0.875. The van der Waals surface area contributed by atoms with Gasteiger partial charge in [-0.3, -0.25) is 9.59 Å². The number of piperazine rings is 1. The second kappa shape index (κ2) is 6.30. The van der Waals surface area contributed by atoms with Gasteiger partial charge in [-0.15, -0.1) is 0 Å². The Labute approximate surface area is 128 Å². The first-order valence-electron chi connectivity index (χ1n) is 6.94. The van der Waals surface area contributed by atoms with Gasteiger partial charge in [0.1, 0.15) is 17.2 Å². The highest BCUT2D eigenvalue weighted by atomic mass is 32.1. The summed E-state index contributed by atoms with van der Waals surface area (Å²) in [5.74, 6) is -0.0158. The van der Waals surface area contributed by atoms with E-state index in [-0.39, 0.29) is 24.2 Å². The van der Waals surface area contributed by atoms with Crippen molar-refractivity contribution in [3.8, 4) is 0 Å². The van der Waals surface area contributed by atoms with Gasteiger partial charge in [0, 0.05) is 33.7 Å². The lowest BCUT2D eigenvalue weighted by atomic mass is 10.3. The van der Waals surface area contributed by atoms with Crippen molar-refractivity contribution in [1.29, 1.82) is 0 Å². The first-order valence-corrected chi connectivity index (χ1v) is 7.76. The van der Waals surface area contributed by atoms with Crippen molar-refractivity contribution in [1.82, 2.24) is 14.8 Å². The lowest BCUT2D eigenvalue weighted by molar-refractivity contribution is -0.133. The molecule has 2 N–H and O–H groups in total. The van der Waals surface area contributed by atoms with Crippen LogP contribution in [0.25, 0.3) is 0 Å². The standard InChI is InChI=1S/C13H21N5O2S/c1-4-5-17(3)13-15-11(14)10(21-13)12(20)18-7-6-16(2)9(19)8-18/h4-8,14H2,1-3H3. The molecule has 0 bridgehead atoms. The predicted molar refractivity (Wildman–Crippen MR) is 83.6 cm³/mol. The molecule has 1 fully saturated rings. The molecule has 2 heterocycles. The molecule has 1 saturated heterocycles. The zero-order chi connectivity index (χ0) is 15.6. The molecule has 1 aromatic heterocycles. The average Bonchev–Trinajstić information content (AvgIpc) is 2.83. The zero-order valence-electron chi connectivity index (χ0n) is 12.6. The highest BCUT2D eigenvalue weighted by molar-refractivity contribution is 7.18. The number of anilines is 2. The summed E-state index contributed by atoms with van der Waals surface area (Å²) in [4.78, 5) is 34.0. The van der Waals surface area contributed by atoms with Gasteiger partial charge in [0.05, 0.1) is 0 Å². The Morgan fingerprint density at radius 3 is 2.81 bits per heavy atom. The van der Waals surface area contributed by atoms with Gasteiger partial charge in [0.15, 0.2) is 5.13 Å². The monoisotopic (exact) mass is 311 g/mol. The van der Waals surface area contributed by atoms with Crippen LogP contribution in [-0.2, 0) is 4.79 Å². The van der Waals surface area contributed by atoms with E-state index in [0.717, 1.165) is 18.1 Å². The van der Waals surface area contributed by atoms with Crippen LogP contribution in [0.3, 0.4) is 0 Å². The van der Waals surface area contributed by atoms with Gasteiger partial charge in [-0.1, -0.05) is 18.3 Å². The summed E-state index contributed by atoms with van der Waals surface area (Å²) in [7, 11) is 3.67. The lowest BCUT2D eigenvalue weighted by Gasteiger charge is -2.31. The van der Waals surface area contributed by atoms with Crippen molar-refractivity contribution in [2.45, 2.75) is 13.3 Å². The number of nitrogen functional groups attached to an aromatic ring is 1. The minimum absolute atomic E-state index is 0.0546. The second-order valence-corrected chi connectivity index (χ2v) is 6.15. The fraction of sp³-hybridized carbons (Fsp3) is 0.615. The molecule has 7 nitrogen and oxygen atoms in total. The molecule has 2 rings (SSSR count). The number of hydrogen-bond acceptors (Lipinski definition) is 6. The van der Waals surface area contributed by atoms with Gasteiger partial charge >= 0.3 is 0 Å². The summed E-state index contributed by atoms with van der Waals surface area (Å²) >= 11 is 1.29. The molecule has 0 atom stereocenters. The number of likely N-dealkylation sites (N-methyl/N-ethyl adjacent to an activating group) is 1. The van der Waals surface area contributed by atoms with Crippen LogP contribution in [0.5, 0.6) is 0 Å². The van der Waals surface area contributed by atoms with Crippen LogP contribution in [0.1, 0.15) is 23.0 Å². The third kappa shape index (κ3) is 3.26. The Kier molecular flexibility index (Phi) is 4.66. The second-order valence-electron chi connectivity index (χ2n) is 5.17. The highest BCUT2D eigenvalue weighted by Crippen LogP contribution is 2.29. The Balaban J connectivity index is 2.14. The normalized spacial score (nSPS) is 15.5. The van der Waals surface area contributed by atoms with Gasteiger partial charge in [0.2, 0.25) is 5.91 Å². The topological polar surface area (TPSA) is 82.8 Å². The number of carbonyl (C=O) groups is 2. The summed E-state index contributed by atoms with van der Waals surface area (Å²) in [6, 6.07) is 0. The van der Waals surface area contributed by atoms with E-state index < -0.39 is 0 Å². The van der Waals surface area contributed by atoms with Crippen molar-refractivity contribution in [2.75, 3.05) is 50.9 Å². The Morgan fingerprint density at radius 1 is 1.48 bits per heavy atom. The van der Waals surface area contributed by atoms with E-state index in [2.05, 4.69) is 11.9 Å². The minimum atomic E-state index is -0.206. The number of carbonyl (C=O) groups excluding carboxylic acids is 2. The van der Waals surface area contributed by atoms with Gasteiger partial charge in [0.25, 0.3) is 5.91 Å². The summed E-state index contributed by atoms with van der Waals surface area (Å²) in [5.41, 5.74) is 5.87. The number of hydrogen-bond donors (Lipinski definition) is 1. The molecule has 2 amide bonds. The summed E-state index contributed by atoms with van der Waals surface area (Å²) in [6.07, 6.45) is 0.992. The molecular weight excluding hydrogens is 290 g/mol. The van der Waals surface area contributed by atoms with Gasteiger partial charge in [-0.05, 0) is 6.42 Å². The molecule has 116 valence electrons. The number of nitrogens with zero attached hydrogens (tertiary/aromatic N) is 4. The molecule has 0 aliphatic carbocycles. The van der Waals surface area contributed by atoms with Crippen LogP contribution in [0.15, 0.2) is 0 Å². The molecular formula is C13H21N5O2S. The Morgan fingerprint density at radius 2 is 2.19 bits per heavy atom. The number of rotatable bonds is 4. The summed E-state index contributed by atoms with van der Waals surface area (Å²) in [5, 5.41) is 0.734. The molecule has 1 aliphatic heterocycles. The number of thiazole rings is 1. The number of amides is 2. The number of aromatic nitrogens is 1. The zero-order valence-corrected chi connectivity index (χ0v) is 13.4. The molecule has 0 unspecified atom stereocenters. The first kappa shape index (κ1) is 15.6. The fourth-order valence-corrected chi connectivity index (χ4v) is 3.08. The molecule has 0 spiro atoms. The van der Waals surface area contributed by atoms with Gasteiger partial charge < -0.3 is 20.4 Å². The van der Waals surface area contributed by atoms with Crippen LogP contribution in [0, 0.1) is 0 Å². The van der Waals surface area contributed by atoms with E-state index in [9.17, 15) is 9.59 Å². The van der Waals surface area contributed by atoms with Crippen LogP contribution >= 0.6 is 11.3 Å². The molecule has 8 heteroatoms. The third-order valence-electron chi connectivity index (χ3n) is 3.47. The molecule has 0 saturated carbocycles. The van der Waals surface area contributed by atoms with Crippen LogP contribution < -0.4 is 10.6 Å².